The van der Waals surface area contributed by atoms with Gasteiger partial charge in [0.1, 0.15) is 0 Å². The molecule has 0 aromatic heterocycles. The fourth-order valence-electron chi connectivity index (χ4n) is 2.24. The van der Waals surface area contributed by atoms with Crippen LogP contribution in [0.3, 0.4) is 0 Å². The van der Waals surface area contributed by atoms with Crippen LogP contribution in [0.15, 0.2) is 0 Å². The quantitative estimate of drug-likeness (QED) is 0.210. The molecule has 0 aromatic carbocycles. The van der Waals surface area contributed by atoms with Crippen LogP contribution in [-0.4, -0.2) is 74.0 Å². The Morgan fingerprint density at radius 1 is 1.13 bits per heavy atom. The number of carbonyl (C=O) groups is 2. The predicted molar refractivity (Wildman–Crippen MR) is 82.5 cm³/mol. The smallest absolute Gasteiger partial charge is 0.461 e. The Hall–Kier alpha value is -1.72. The lowest BCUT2D eigenvalue weighted by molar-refractivity contribution is -0.359. The van der Waals surface area contributed by atoms with Gasteiger partial charge in [0, 0.05) is 13.0 Å². The van der Waals surface area contributed by atoms with E-state index in [4.69, 9.17) is 9.29 Å². The van der Waals surface area contributed by atoms with E-state index >= 15 is 0 Å². The molecule has 1 aliphatic heterocycles. The summed E-state index contributed by atoms with van der Waals surface area (Å²) in [5.74, 6) is -14.4. The zero-order chi connectivity index (χ0) is 24.3. The third kappa shape index (κ3) is 5.75. The van der Waals surface area contributed by atoms with E-state index in [9.17, 15) is 48.7 Å². The highest BCUT2D eigenvalue weighted by atomic mass is 32.2. The first-order chi connectivity index (χ1) is 13.9. The van der Waals surface area contributed by atoms with Gasteiger partial charge >= 0.3 is 45.2 Å². The van der Waals surface area contributed by atoms with Crippen molar-refractivity contribution in [3.63, 3.8) is 0 Å². The summed E-state index contributed by atoms with van der Waals surface area (Å²) >= 11 is 0. The summed E-state index contributed by atoms with van der Waals surface area (Å²) in [6.45, 7) is -1.78. The Morgan fingerprint density at radius 3 is 2.13 bits per heavy atom. The molecule has 0 amide bonds. The van der Waals surface area contributed by atoms with Crippen LogP contribution in [0.5, 0.6) is 0 Å². The van der Waals surface area contributed by atoms with Crippen molar-refractivity contribution < 1.29 is 72.2 Å². The van der Waals surface area contributed by atoms with E-state index in [2.05, 4.69) is 14.2 Å². The number of carbonyl (C=O) groups excluding carboxylic acids is 2. The molecule has 1 N–H and O–H groups in total. The van der Waals surface area contributed by atoms with Gasteiger partial charge in [0.2, 0.25) is 0 Å². The topological polar surface area (TPSA) is 125 Å². The van der Waals surface area contributed by atoms with Crippen molar-refractivity contribution in [1.82, 2.24) is 0 Å². The van der Waals surface area contributed by atoms with Crippen LogP contribution in [0.2, 0.25) is 0 Å². The van der Waals surface area contributed by atoms with Gasteiger partial charge in [0.05, 0.1) is 13.2 Å². The van der Waals surface area contributed by atoms with Gasteiger partial charge in [-0.25, -0.2) is 9.59 Å². The van der Waals surface area contributed by atoms with Gasteiger partial charge in [-0.05, 0) is 19.8 Å². The predicted octanol–water partition coefficient (Wildman–Crippen LogP) is 2.05. The highest BCUT2D eigenvalue weighted by Crippen LogP contribution is 2.42. The second-order valence-corrected chi connectivity index (χ2v) is 7.52. The van der Waals surface area contributed by atoms with Gasteiger partial charge in [-0.2, -0.15) is 39.2 Å². The Balaban J connectivity index is 3.19. The molecule has 2 atom stereocenters. The van der Waals surface area contributed by atoms with E-state index in [0.29, 0.717) is 0 Å². The molecule has 17 heteroatoms. The summed E-state index contributed by atoms with van der Waals surface area (Å²) in [4.78, 5) is 23.9. The molecule has 0 saturated carbocycles. The summed E-state index contributed by atoms with van der Waals surface area (Å²) in [6.07, 6.45) is -9.78. The summed E-state index contributed by atoms with van der Waals surface area (Å²) in [6, 6.07) is 0. The number of alkyl halides is 7. The molecule has 0 aromatic rings. The highest BCUT2D eigenvalue weighted by Gasteiger charge is 2.69. The molecule has 1 fully saturated rings. The van der Waals surface area contributed by atoms with Crippen molar-refractivity contribution in [3.05, 3.63) is 0 Å². The van der Waals surface area contributed by atoms with E-state index in [0.717, 1.165) is 6.92 Å². The summed E-state index contributed by atoms with van der Waals surface area (Å²) in [7, 11) is -6.66. The van der Waals surface area contributed by atoms with E-state index in [1.165, 1.54) is 0 Å². The number of hydrogen-bond acceptors (Lipinski definition) is 8. The van der Waals surface area contributed by atoms with Crippen LogP contribution in [-0.2, 0) is 38.7 Å². The van der Waals surface area contributed by atoms with Gasteiger partial charge in [-0.15, -0.1) is 0 Å². The van der Waals surface area contributed by atoms with Gasteiger partial charge < -0.3 is 18.9 Å². The zero-order valence-corrected chi connectivity index (χ0v) is 16.4. The molecule has 2 unspecified atom stereocenters. The Labute approximate surface area is 170 Å². The lowest BCUT2D eigenvalue weighted by Crippen LogP contribution is -2.59. The molecule has 182 valence electrons. The van der Waals surface area contributed by atoms with E-state index in [1.807, 2.05) is 0 Å². The Kier molecular flexibility index (Phi) is 8.30. The third-order valence-corrected chi connectivity index (χ3v) is 4.77. The average molecular weight is 494 g/mol. The maximum Gasteiger partial charge on any atom is 0.468 e. The van der Waals surface area contributed by atoms with Gasteiger partial charge in [0.25, 0.3) is 0 Å². The fourth-order valence-corrected chi connectivity index (χ4v) is 2.72. The molecule has 9 nitrogen and oxygen atoms in total. The maximum atomic E-state index is 13.6. The lowest BCUT2D eigenvalue weighted by atomic mass is 10.2. The normalized spacial score (nSPS) is 20.2. The Morgan fingerprint density at radius 2 is 1.71 bits per heavy atom. The third-order valence-electron chi connectivity index (χ3n) is 3.83. The first-order valence-corrected chi connectivity index (χ1v) is 9.82. The lowest BCUT2D eigenvalue weighted by Gasteiger charge is -2.33. The molecule has 0 radical (unpaired) electrons. The van der Waals surface area contributed by atoms with E-state index in [-0.39, 0.29) is 19.4 Å². The molecule has 0 aliphatic carbocycles. The minimum atomic E-state index is -6.66. The second kappa shape index (κ2) is 9.41. The van der Waals surface area contributed by atoms with E-state index < -0.39 is 70.9 Å². The van der Waals surface area contributed by atoms with Crippen LogP contribution in [0.25, 0.3) is 0 Å². The molecule has 31 heavy (non-hydrogen) atoms. The van der Waals surface area contributed by atoms with Gasteiger partial charge in [-0.3, -0.25) is 4.55 Å². The molecule has 0 bridgehead atoms. The molecular weight excluding hydrogens is 477 g/mol. The van der Waals surface area contributed by atoms with Gasteiger partial charge in [0.15, 0.2) is 6.10 Å². The minimum absolute atomic E-state index is 0.0318. The van der Waals surface area contributed by atoms with Crippen LogP contribution in [0.1, 0.15) is 26.2 Å². The van der Waals surface area contributed by atoms with Crippen molar-refractivity contribution in [1.29, 1.82) is 0 Å². The van der Waals surface area contributed by atoms with Crippen molar-refractivity contribution in [3.8, 4) is 0 Å². The average Bonchev–Trinajstić information content (AvgIpc) is 3.13. The summed E-state index contributed by atoms with van der Waals surface area (Å²) < 4.78 is 140. The molecule has 1 rings (SSSR count). The number of hydrogen-bond donors (Lipinski definition) is 1. The van der Waals surface area contributed by atoms with Crippen LogP contribution < -0.4 is 0 Å². The number of ether oxygens (including phenoxy) is 4. The number of esters is 2. The maximum absolute atomic E-state index is 13.6. The van der Waals surface area contributed by atoms with Crippen molar-refractivity contribution in [2.75, 3.05) is 19.8 Å². The monoisotopic (exact) mass is 494 g/mol. The highest BCUT2D eigenvalue weighted by molar-refractivity contribution is 7.87. The van der Waals surface area contributed by atoms with Crippen LogP contribution in [0, 0.1) is 0 Å². The first-order valence-electron chi connectivity index (χ1n) is 8.38. The molecular formula is C14H17F7O9S. The molecule has 1 heterocycles. The zero-order valence-electron chi connectivity index (χ0n) is 15.6. The SMILES string of the molecule is CCOC(=O)C(OCCC(F)(F)C(F)(F)S(=O)(=O)O)(OC(=O)C1CCCO1)C(F)(F)F. The number of halogens is 7. The van der Waals surface area contributed by atoms with Gasteiger partial charge in [-0.1, -0.05) is 0 Å². The summed E-state index contributed by atoms with van der Waals surface area (Å²) in [5, 5.41) is -6.09. The number of rotatable bonds is 10. The van der Waals surface area contributed by atoms with Crippen LogP contribution in [0.4, 0.5) is 30.7 Å². The van der Waals surface area contributed by atoms with E-state index in [1.54, 1.807) is 0 Å². The van der Waals surface area contributed by atoms with Crippen molar-refractivity contribution in [2.45, 2.75) is 55.4 Å². The summed E-state index contributed by atoms with van der Waals surface area (Å²) in [5.41, 5.74) is 0. The van der Waals surface area contributed by atoms with Crippen LogP contribution >= 0.6 is 0 Å². The first kappa shape index (κ1) is 27.3. The molecule has 1 aliphatic rings. The van der Waals surface area contributed by atoms with Crippen molar-refractivity contribution in [2.24, 2.45) is 0 Å². The Bertz CT molecular complexity index is 763. The largest absolute Gasteiger partial charge is 0.468 e. The standard InChI is InChI=1S/C14H17F7O9S/c1-2-27-10(23)12(13(17,18)19,30-9(22)8-4-3-6-28-8)29-7-5-11(15,16)14(20,21)31(24,25)26/h8H,2-7H2,1H3,(H,24,25,26). The minimum Gasteiger partial charge on any atom is -0.461 e. The van der Waals surface area contributed by atoms with Crippen molar-refractivity contribution >= 4 is 22.1 Å². The molecule has 0 spiro atoms. The fraction of sp³-hybridized carbons (Fsp3) is 0.857. The second-order valence-electron chi connectivity index (χ2n) is 6.05. The molecule has 1 saturated heterocycles.